The smallest absolute Gasteiger partial charge is 0.463 e. The number of aromatic nitrogens is 4. The van der Waals surface area contributed by atoms with E-state index in [4.69, 9.17) is 18.5 Å². The summed E-state index contributed by atoms with van der Waals surface area (Å²) in [5.41, 5.74) is 1.30. The Labute approximate surface area is 183 Å². The summed E-state index contributed by atoms with van der Waals surface area (Å²) in [7, 11) is -4.29. The Morgan fingerprint density at radius 1 is 1.16 bits per heavy atom. The van der Waals surface area contributed by atoms with E-state index in [0.29, 0.717) is 29.7 Å². The molecule has 0 aromatic carbocycles. The molecule has 0 aliphatic carbocycles. The molecule has 13 heteroatoms. The molecule has 5 atom stereocenters. The van der Waals surface area contributed by atoms with Crippen LogP contribution < -0.4 is 0 Å². The Morgan fingerprint density at radius 3 is 2.66 bits per heavy atom. The highest BCUT2D eigenvalue weighted by Crippen LogP contribution is 2.58. The molecule has 4 heterocycles. The minimum absolute atomic E-state index is 0.0435. The van der Waals surface area contributed by atoms with Crippen molar-refractivity contribution in [3.63, 3.8) is 0 Å². The zero-order valence-corrected chi connectivity index (χ0v) is 18.6. The summed E-state index contributed by atoms with van der Waals surface area (Å²) in [6.45, 7) is 3.62. The van der Waals surface area contributed by atoms with Gasteiger partial charge in [0, 0.05) is 12.8 Å². The molecule has 1 unspecified atom stereocenters. The van der Waals surface area contributed by atoms with Crippen LogP contribution in [0.5, 0.6) is 0 Å². The molecular formula is C19H25N4O8P. The molecule has 2 aromatic rings. The first-order valence-corrected chi connectivity index (χ1v) is 12.0. The molecule has 2 aliphatic rings. The molecule has 0 radical (unpaired) electrons. The highest BCUT2D eigenvalue weighted by molar-refractivity contribution is 7.47. The molecular weight excluding hydrogens is 443 g/mol. The van der Waals surface area contributed by atoms with E-state index in [9.17, 15) is 19.0 Å². The minimum atomic E-state index is -4.29. The highest BCUT2D eigenvalue weighted by Gasteiger charge is 2.58. The Balaban J connectivity index is 1.60. The lowest BCUT2D eigenvalue weighted by molar-refractivity contribution is -0.150. The number of ether oxygens (including phenoxy) is 2. The molecule has 0 bridgehead atoms. The second-order valence-electron chi connectivity index (χ2n) is 7.72. The average Bonchev–Trinajstić information content (AvgIpc) is 3.38. The molecule has 0 saturated carbocycles. The number of esters is 1. The number of hydrogen-bond acceptors (Lipinski definition) is 10. The van der Waals surface area contributed by atoms with E-state index in [1.165, 1.54) is 12.7 Å². The fraction of sp³-hybridized carbons (Fsp3) is 0.632. The monoisotopic (exact) mass is 468 g/mol. The number of Topliss-reactive ketones (excluding diaryl/α,β-unsaturated/α-hetero) is 1. The van der Waals surface area contributed by atoms with Gasteiger partial charge in [0.1, 0.15) is 42.5 Å². The van der Waals surface area contributed by atoms with Gasteiger partial charge in [0.15, 0.2) is 11.9 Å². The first-order valence-electron chi connectivity index (χ1n) is 10.5. The van der Waals surface area contributed by atoms with Gasteiger partial charge >= 0.3 is 13.8 Å². The second-order valence-corrected chi connectivity index (χ2v) is 9.08. The van der Waals surface area contributed by atoms with E-state index in [-0.39, 0.29) is 25.2 Å². The fourth-order valence-corrected chi connectivity index (χ4v) is 5.00. The Morgan fingerprint density at radius 2 is 1.91 bits per heavy atom. The van der Waals surface area contributed by atoms with Crippen molar-refractivity contribution >= 4 is 30.7 Å². The number of imidazole rings is 1. The molecule has 0 amide bonds. The van der Waals surface area contributed by atoms with E-state index in [2.05, 4.69) is 15.0 Å². The van der Waals surface area contributed by atoms with Crippen molar-refractivity contribution in [1.82, 2.24) is 19.5 Å². The molecule has 174 valence electrons. The third-order valence-corrected chi connectivity index (χ3v) is 6.28. The van der Waals surface area contributed by atoms with Crippen molar-refractivity contribution in [2.75, 3.05) is 6.61 Å². The SMILES string of the molecule is CCCC(=O)Cc1ncnc2c1ncn2[C@@H]1O[C@H](COC(=O)CCC)[C@H]2OP(=O)(O)O[C@H]21. The lowest BCUT2D eigenvalue weighted by Crippen LogP contribution is -2.32. The summed E-state index contributed by atoms with van der Waals surface area (Å²) in [6.07, 6.45) is 1.38. The molecule has 2 fully saturated rings. The van der Waals surface area contributed by atoms with Crippen LogP contribution in [0.1, 0.15) is 51.5 Å². The zero-order chi connectivity index (χ0) is 22.9. The van der Waals surface area contributed by atoms with Crippen LogP contribution in [0.3, 0.4) is 0 Å². The van der Waals surface area contributed by atoms with Crippen molar-refractivity contribution in [3.05, 3.63) is 18.3 Å². The highest BCUT2D eigenvalue weighted by atomic mass is 31.2. The third kappa shape index (κ3) is 4.60. The molecule has 2 saturated heterocycles. The summed E-state index contributed by atoms with van der Waals surface area (Å²) in [5, 5.41) is 0. The number of rotatable bonds is 9. The quantitative estimate of drug-likeness (QED) is 0.424. The molecule has 2 aromatic heterocycles. The van der Waals surface area contributed by atoms with Gasteiger partial charge in [-0.2, -0.15) is 0 Å². The van der Waals surface area contributed by atoms with Crippen LogP contribution in [-0.2, 0) is 39.1 Å². The van der Waals surface area contributed by atoms with Gasteiger partial charge in [-0.25, -0.2) is 19.5 Å². The van der Waals surface area contributed by atoms with E-state index in [1.54, 1.807) is 4.57 Å². The van der Waals surface area contributed by atoms with Gasteiger partial charge < -0.3 is 14.4 Å². The predicted octanol–water partition coefficient (Wildman–Crippen LogP) is 1.86. The van der Waals surface area contributed by atoms with Crippen molar-refractivity contribution < 1.29 is 37.6 Å². The summed E-state index contributed by atoms with van der Waals surface area (Å²) in [4.78, 5) is 46.5. The van der Waals surface area contributed by atoms with Gasteiger partial charge in [0.05, 0.1) is 18.4 Å². The van der Waals surface area contributed by atoms with Crippen LogP contribution in [0.2, 0.25) is 0 Å². The first kappa shape index (κ1) is 22.9. The average molecular weight is 468 g/mol. The summed E-state index contributed by atoms with van der Waals surface area (Å²) < 4.78 is 35.3. The van der Waals surface area contributed by atoms with Gasteiger partial charge in [-0.1, -0.05) is 13.8 Å². The maximum Gasteiger partial charge on any atom is 0.473 e. The van der Waals surface area contributed by atoms with Crippen LogP contribution in [-0.4, -0.2) is 61.1 Å². The number of fused-ring (bicyclic) bond motifs is 2. The van der Waals surface area contributed by atoms with Gasteiger partial charge in [0.2, 0.25) is 0 Å². The standard InChI is InChI=1S/C19H25N4O8P/c1-3-5-11(24)7-12-15-18(21-9-20-12)23(10-22-15)19-17-16(30-32(26,27)31-17)13(29-19)8-28-14(25)6-4-2/h9-10,13,16-17,19H,3-8H2,1-2H3,(H,26,27)/t13-,16-,17-,19-/m1/s1. The number of phosphoric acid groups is 1. The first-order chi connectivity index (χ1) is 15.3. The van der Waals surface area contributed by atoms with Crippen LogP contribution in [0.15, 0.2) is 12.7 Å². The number of carbonyl (C=O) groups excluding carboxylic acids is 2. The van der Waals surface area contributed by atoms with Crippen LogP contribution in [0.4, 0.5) is 0 Å². The molecule has 2 aliphatic heterocycles. The predicted molar refractivity (Wildman–Crippen MR) is 108 cm³/mol. The van der Waals surface area contributed by atoms with E-state index < -0.39 is 38.3 Å². The molecule has 0 spiro atoms. The van der Waals surface area contributed by atoms with Gasteiger partial charge in [-0.3, -0.25) is 23.2 Å². The van der Waals surface area contributed by atoms with Crippen LogP contribution in [0, 0.1) is 0 Å². The maximum absolute atomic E-state index is 12.1. The summed E-state index contributed by atoms with van der Waals surface area (Å²) in [6, 6.07) is 0. The Kier molecular flexibility index (Phi) is 6.68. The van der Waals surface area contributed by atoms with Crippen molar-refractivity contribution in [1.29, 1.82) is 0 Å². The molecule has 4 rings (SSSR count). The van der Waals surface area contributed by atoms with Crippen molar-refractivity contribution in [2.45, 2.75) is 70.5 Å². The number of hydrogen-bond donors (Lipinski definition) is 1. The Bertz CT molecular complexity index is 1060. The number of carbonyl (C=O) groups is 2. The summed E-state index contributed by atoms with van der Waals surface area (Å²) >= 11 is 0. The van der Waals surface area contributed by atoms with Gasteiger partial charge in [-0.15, -0.1) is 0 Å². The molecule has 1 N–H and O–H groups in total. The van der Waals surface area contributed by atoms with Gasteiger partial charge in [0.25, 0.3) is 0 Å². The summed E-state index contributed by atoms with van der Waals surface area (Å²) in [5.74, 6) is -0.355. The number of nitrogens with zero attached hydrogens (tertiary/aromatic N) is 4. The second kappa shape index (κ2) is 9.32. The fourth-order valence-electron chi connectivity index (χ4n) is 3.86. The Hall–Kier alpha value is -2.24. The largest absolute Gasteiger partial charge is 0.473 e. The van der Waals surface area contributed by atoms with E-state index in [0.717, 1.165) is 6.42 Å². The zero-order valence-electron chi connectivity index (χ0n) is 17.7. The van der Waals surface area contributed by atoms with Crippen molar-refractivity contribution in [3.8, 4) is 0 Å². The van der Waals surface area contributed by atoms with E-state index in [1.807, 2.05) is 13.8 Å². The minimum Gasteiger partial charge on any atom is -0.463 e. The lowest BCUT2D eigenvalue weighted by Gasteiger charge is -2.19. The molecule has 12 nitrogen and oxygen atoms in total. The number of phosphoric ester groups is 1. The van der Waals surface area contributed by atoms with Crippen molar-refractivity contribution in [2.24, 2.45) is 0 Å². The maximum atomic E-state index is 12.1. The third-order valence-electron chi connectivity index (χ3n) is 5.26. The van der Waals surface area contributed by atoms with Gasteiger partial charge in [-0.05, 0) is 12.8 Å². The normalized spacial score (nSPS) is 29.3. The lowest BCUT2D eigenvalue weighted by atomic mass is 10.1. The van der Waals surface area contributed by atoms with Crippen LogP contribution >= 0.6 is 7.82 Å². The topological polar surface area (TPSA) is 152 Å². The number of ketones is 1. The van der Waals surface area contributed by atoms with Crippen LogP contribution in [0.25, 0.3) is 11.2 Å². The van der Waals surface area contributed by atoms with E-state index >= 15 is 0 Å². The molecule has 32 heavy (non-hydrogen) atoms.